The molecule has 2 fully saturated rings. The van der Waals surface area contributed by atoms with Crippen molar-refractivity contribution in [2.24, 2.45) is 0 Å². The van der Waals surface area contributed by atoms with Gasteiger partial charge in [-0.25, -0.2) is 9.59 Å². The van der Waals surface area contributed by atoms with Crippen LogP contribution in [0.15, 0.2) is 24.3 Å². The van der Waals surface area contributed by atoms with Crippen molar-refractivity contribution in [1.82, 2.24) is 5.32 Å². The molecule has 1 N–H and O–H groups in total. The molecule has 8 nitrogen and oxygen atoms in total. The van der Waals surface area contributed by atoms with Gasteiger partial charge in [0.25, 0.3) is 0 Å². The van der Waals surface area contributed by atoms with E-state index in [4.69, 9.17) is 23.5 Å². The van der Waals surface area contributed by atoms with Crippen molar-refractivity contribution in [1.29, 1.82) is 0 Å². The van der Waals surface area contributed by atoms with Gasteiger partial charge in [-0.1, -0.05) is 26.0 Å². The molecule has 0 radical (unpaired) electrons. The van der Waals surface area contributed by atoms with Crippen LogP contribution in [0.25, 0.3) is 0 Å². The Morgan fingerprint density at radius 3 is 2.13 bits per heavy atom. The topological polar surface area (TPSA) is 92.3 Å². The Morgan fingerprint density at radius 2 is 1.61 bits per heavy atom. The minimum Gasteiger partial charge on any atom is -0.494 e. The molecule has 1 saturated heterocycles. The van der Waals surface area contributed by atoms with Gasteiger partial charge in [-0.05, 0) is 105 Å². The lowest BCUT2D eigenvalue weighted by Crippen LogP contribution is -2.45. The van der Waals surface area contributed by atoms with E-state index in [-0.39, 0.29) is 7.53 Å². The minimum absolute atomic E-state index is 0. The van der Waals surface area contributed by atoms with E-state index < -0.39 is 42.0 Å². The number of rotatable bonds is 9. The largest absolute Gasteiger partial charge is 0.494 e. The number of carbonyl (C=O) groups excluding carboxylic acids is 2. The highest BCUT2D eigenvalue weighted by molar-refractivity contribution is 6.62. The Hall–Kier alpha value is -2.26. The van der Waals surface area contributed by atoms with Crippen LogP contribution in [0.3, 0.4) is 0 Å². The van der Waals surface area contributed by atoms with Gasteiger partial charge in [0.05, 0.1) is 17.8 Å². The lowest BCUT2D eigenvalue weighted by Gasteiger charge is -2.32. The first-order valence-corrected chi connectivity index (χ1v) is 14.0. The smallest absolute Gasteiger partial charge is 0.494 e. The standard InChI is InChI=1S/C27H42BNO7.C2H6.H2/c1-25(2,3)34-24(31)29-22(23(30)33-21-11-8-9-12-21)13-10-18-32-20-16-14-19(15-17-20)28-35-26(4,5)27(6,7)36-28;1-2;/h14-17,21-22H,8-13,18H2,1-7H3,(H,29,31);1-2H3;1H/t22-;;/m0../s1. The number of benzene rings is 1. The molecule has 1 amide bonds. The van der Waals surface area contributed by atoms with Crippen molar-refractivity contribution in [2.75, 3.05) is 6.61 Å². The summed E-state index contributed by atoms with van der Waals surface area (Å²) in [6, 6.07) is 6.85. The Morgan fingerprint density at radius 1 is 1.05 bits per heavy atom. The zero-order chi connectivity index (χ0) is 28.6. The molecule has 1 aromatic carbocycles. The second-order valence-corrected chi connectivity index (χ2v) is 11.7. The van der Waals surface area contributed by atoms with Crippen LogP contribution in [0.1, 0.15) is 102 Å². The predicted octanol–water partition coefficient (Wildman–Crippen LogP) is 5.80. The molecular weight excluding hydrogens is 485 g/mol. The molecule has 9 heteroatoms. The molecule has 1 heterocycles. The second-order valence-electron chi connectivity index (χ2n) is 11.7. The fourth-order valence-electron chi connectivity index (χ4n) is 4.13. The Labute approximate surface area is 231 Å². The van der Waals surface area contributed by atoms with Crippen LogP contribution < -0.4 is 15.5 Å². The lowest BCUT2D eigenvalue weighted by molar-refractivity contribution is -0.151. The zero-order valence-electron chi connectivity index (χ0n) is 24.8. The van der Waals surface area contributed by atoms with E-state index in [9.17, 15) is 9.59 Å². The summed E-state index contributed by atoms with van der Waals surface area (Å²) in [4.78, 5) is 25.1. The van der Waals surface area contributed by atoms with Gasteiger partial charge in [-0.3, -0.25) is 0 Å². The third kappa shape index (κ3) is 9.49. The molecule has 0 unspecified atom stereocenters. The summed E-state index contributed by atoms with van der Waals surface area (Å²) in [5.41, 5.74) is -0.512. The molecule has 1 aliphatic carbocycles. The van der Waals surface area contributed by atoms with E-state index in [1.165, 1.54) is 0 Å². The summed E-state index contributed by atoms with van der Waals surface area (Å²) >= 11 is 0. The molecule has 3 rings (SSSR count). The van der Waals surface area contributed by atoms with Gasteiger partial charge in [0.2, 0.25) is 0 Å². The first-order valence-electron chi connectivity index (χ1n) is 14.0. The Bertz CT molecular complexity index is 880. The quantitative estimate of drug-likeness (QED) is 0.243. The van der Waals surface area contributed by atoms with Gasteiger partial charge >= 0.3 is 19.2 Å². The van der Waals surface area contributed by atoms with Crippen molar-refractivity contribution in [3.63, 3.8) is 0 Å². The second kappa shape index (κ2) is 13.7. The summed E-state index contributed by atoms with van der Waals surface area (Å²) in [6.45, 7) is 17.8. The maximum Gasteiger partial charge on any atom is 0.494 e. The highest BCUT2D eigenvalue weighted by Crippen LogP contribution is 2.36. The van der Waals surface area contributed by atoms with E-state index in [1.54, 1.807) is 20.8 Å². The van der Waals surface area contributed by atoms with Crippen molar-refractivity contribution in [3.8, 4) is 5.75 Å². The van der Waals surface area contributed by atoms with Gasteiger partial charge in [0.15, 0.2) is 0 Å². The minimum atomic E-state index is -0.783. The first kappa shape index (κ1) is 32.0. The number of ether oxygens (including phenoxy) is 3. The van der Waals surface area contributed by atoms with Crippen molar-refractivity contribution in [2.45, 2.75) is 130 Å². The van der Waals surface area contributed by atoms with E-state index >= 15 is 0 Å². The molecule has 1 aromatic rings. The van der Waals surface area contributed by atoms with Gasteiger partial charge in [-0.15, -0.1) is 0 Å². The van der Waals surface area contributed by atoms with Crippen LogP contribution in [0.2, 0.25) is 0 Å². The van der Waals surface area contributed by atoms with Crippen LogP contribution in [0, 0.1) is 0 Å². The van der Waals surface area contributed by atoms with Crippen LogP contribution in [-0.2, 0) is 23.6 Å². The lowest BCUT2D eigenvalue weighted by atomic mass is 9.79. The van der Waals surface area contributed by atoms with Crippen molar-refractivity contribution < 1.29 is 34.5 Å². The summed E-state index contributed by atoms with van der Waals surface area (Å²) in [6.07, 6.45) is 4.10. The summed E-state index contributed by atoms with van der Waals surface area (Å²) in [7, 11) is -0.422. The summed E-state index contributed by atoms with van der Waals surface area (Å²) in [5, 5.41) is 2.68. The van der Waals surface area contributed by atoms with Crippen LogP contribution in [-0.4, -0.2) is 54.7 Å². The van der Waals surface area contributed by atoms with Gasteiger partial charge in [0.1, 0.15) is 23.5 Å². The van der Waals surface area contributed by atoms with Gasteiger partial charge in [0, 0.05) is 1.43 Å². The number of esters is 1. The van der Waals surface area contributed by atoms with E-state index in [1.807, 2.05) is 65.8 Å². The Kier molecular flexibility index (Phi) is 11.5. The van der Waals surface area contributed by atoms with E-state index in [2.05, 4.69) is 5.32 Å². The average Bonchev–Trinajstić information content (AvgIpc) is 3.41. The van der Waals surface area contributed by atoms with Crippen molar-refractivity contribution in [3.05, 3.63) is 24.3 Å². The van der Waals surface area contributed by atoms with Gasteiger partial charge in [-0.2, -0.15) is 0 Å². The molecule has 38 heavy (non-hydrogen) atoms. The fourth-order valence-corrected chi connectivity index (χ4v) is 4.13. The molecular formula is C29H50BNO7. The molecule has 0 spiro atoms. The van der Waals surface area contributed by atoms with E-state index in [0.717, 1.165) is 31.1 Å². The molecule has 1 aliphatic heterocycles. The number of hydrogen-bond acceptors (Lipinski definition) is 7. The summed E-state index contributed by atoms with van der Waals surface area (Å²) < 4.78 is 29.0. The molecule has 0 bridgehead atoms. The first-order chi connectivity index (χ1) is 17.8. The van der Waals surface area contributed by atoms with Gasteiger partial charge < -0.3 is 28.8 Å². The predicted molar refractivity (Wildman–Crippen MR) is 152 cm³/mol. The number of alkyl carbamates (subject to hydrolysis) is 1. The van der Waals surface area contributed by atoms with Crippen LogP contribution in [0.5, 0.6) is 5.75 Å². The number of nitrogens with one attached hydrogen (secondary N) is 1. The van der Waals surface area contributed by atoms with Crippen molar-refractivity contribution >= 4 is 24.6 Å². The average molecular weight is 536 g/mol. The number of hydrogen-bond donors (Lipinski definition) is 1. The summed E-state index contributed by atoms with van der Waals surface area (Å²) in [5.74, 6) is 0.292. The SMILES string of the molecule is CC.CC(C)(C)OC(=O)N[C@@H](CCCOc1ccc(B2OC(C)(C)C(C)(C)O2)cc1)C(=O)OC1CCCC1.[HH]. The third-order valence-corrected chi connectivity index (χ3v) is 6.87. The molecule has 1 atom stereocenters. The number of amides is 1. The Balaban J connectivity index is 0.00000248. The highest BCUT2D eigenvalue weighted by atomic mass is 16.7. The number of carbonyl (C=O) groups is 2. The maximum absolute atomic E-state index is 12.8. The molecule has 0 aromatic heterocycles. The fraction of sp³-hybridized carbons (Fsp3) is 0.724. The van der Waals surface area contributed by atoms with Crippen LogP contribution in [0.4, 0.5) is 4.79 Å². The highest BCUT2D eigenvalue weighted by Gasteiger charge is 2.51. The molecule has 1 saturated carbocycles. The third-order valence-electron chi connectivity index (χ3n) is 6.87. The normalized spacial score (nSPS) is 19.2. The molecule has 2 aliphatic rings. The molecule has 216 valence electrons. The monoisotopic (exact) mass is 535 g/mol. The van der Waals surface area contributed by atoms with Crippen LogP contribution >= 0.6 is 0 Å². The van der Waals surface area contributed by atoms with E-state index in [0.29, 0.717) is 25.2 Å². The zero-order valence-corrected chi connectivity index (χ0v) is 24.8. The maximum atomic E-state index is 12.8.